The predicted molar refractivity (Wildman–Crippen MR) is 48.4 cm³/mol. The Bertz CT molecular complexity index is 119. The molecule has 0 radical (unpaired) electrons. The van der Waals surface area contributed by atoms with Crippen LogP contribution in [0.3, 0.4) is 0 Å². The molecular weight excluding hydrogens is 162 g/mol. The van der Waals surface area contributed by atoms with Crippen molar-refractivity contribution in [2.75, 3.05) is 13.8 Å². The number of hydrogen-bond donors (Lipinski definition) is 1. The second kappa shape index (κ2) is 6.37. The Kier molecular flexibility index (Phi) is 6.16. The highest BCUT2D eigenvalue weighted by Crippen LogP contribution is 1.95. The number of methoxy groups -OCH3 is 1. The third-order valence-electron chi connectivity index (χ3n) is 1.24. The maximum absolute atomic E-state index is 5.24. The maximum Gasteiger partial charge on any atom is 0.258 e. The van der Waals surface area contributed by atoms with E-state index in [1.165, 1.54) is 0 Å². The van der Waals surface area contributed by atoms with Gasteiger partial charge in [-0.25, -0.2) is 0 Å². The summed E-state index contributed by atoms with van der Waals surface area (Å²) in [6, 6.07) is 0. The Morgan fingerprint density at radius 2 is 2.27 bits per heavy atom. The Labute approximate surface area is 73.1 Å². The zero-order valence-electron chi connectivity index (χ0n) is 7.22. The SMILES string of the molecule is CCC(C)OC(=S)NCOC. The van der Waals surface area contributed by atoms with Crippen LogP contribution in [-0.4, -0.2) is 25.1 Å². The monoisotopic (exact) mass is 177 g/mol. The van der Waals surface area contributed by atoms with Gasteiger partial charge in [0.05, 0.1) is 6.10 Å². The molecule has 0 aliphatic carbocycles. The molecule has 0 aliphatic heterocycles. The molecule has 0 amide bonds. The van der Waals surface area contributed by atoms with Crippen molar-refractivity contribution >= 4 is 17.4 Å². The molecule has 0 aromatic rings. The summed E-state index contributed by atoms with van der Waals surface area (Å²) in [5.74, 6) is 0. The molecule has 3 nitrogen and oxygen atoms in total. The fourth-order valence-corrected chi connectivity index (χ4v) is 0.662. The predicted octanol–water partition coefficient (Wildman–Crippen LogP) is 1.28. The van der Waals surface area contributed by atoms with Crippen molar-refractivity contribution in [3.8, 4) is 0 Å². The van der Waals surface area contributed by atoms with Crippen LogP contribution in [0, 0.1) is 0 Å². The first-order valence-corrected chi connectivity index (χ1v) is 4.05. The van der Waals surface area contributed by atoms with E-state index in [9.17, 15) is 0 Å². The molecule has 0 rings (SSSR count). The summed E-state index contributed by atoms with van der Waals surface area (Å²) >= 11 is 4.85. The first-order valence-electron chi connectivity index (χ1n) is 3.64. The van der Waals surface area contributed by atoms with Gasteiger partial charge in [0, 0.05) is 7.11 Å². The van der Waals surface area contributed by atoms with Gasteiger partial charge in [0.1, 0.15) is 6.73 Å². The Balaban J connectivity index is 3.36. The minimum Gasteiger partial charge on any atom is -0.468 e. The van der Waals surface area contributed by atoms with E-state index in [1.807, 2.05) is 13.8 Å². The fraction of sp³-hybridized carbons (Fsp3) is 0.857. The topological polar surface area (TPSA) is 30.5 Å². The number of thiocarbonyl (C=S) groups is 1. The lowest BCUT2D eigenvalue weighted by molar-refractivity contribution is 0.161. The molecule has 11 heavy (non-hydrogen) atoms. The molecule has 4 heteroatoms. The van der Waals surface area contributed by atoms with E-state index in [0.29, 0.717) is 11.9 Å². The van der Waals surface area contributed by atoms with Gasteiger partial charge in [-0.1, -0.05) is 6.92 Å². The van der Waals surface area contributed by atoms with Crippen LogP contribution < -0.4 is 5.32 Å². The molecule has 0 bridgehead atoms. The summed E-state index contributed by atoms with van der Waals surface area (Å²) in [5.41, 5.74) is 0. The summed E-state index contributed by atoms with van der Waals surface area (Å²) in [6.07, 6.45) is 1.13. The average Bonchev–Trinajstić information content (AvgIpc) is 2.00. The van der Waals surface area contributed by atoms with Gasteiger partial charge in [-0.05, 0) is 25.6 Å². The third kappa shape index (κ3) is 6.06. The Hall–Kier alpha value is -0.350. The van der Waals surface area contributed by atoms with Crippen LogP contribution in [0.5, 0.6) is 0 Å². The van der Waals surface area contributed by atoms with Crippen LogP contribution in [0.2, 0.25) is 0 Å². The van der Waals surface area contributed by atoms with Crippen LogP contribution in [0.25, 0.3) is 0 Å². The van der Waals surface area contributed by atoms with E-state index in [2.05, 4.69) is 5.32 Å². The molecule has 0 aliphatic rings. The molecule has 1 unspecified atom stereocenters. The quantitative estimate of drug-likeness (QED) is 0.517. The molecule has 0 spiro atoms. The van der Waals surface area contributed by atoms with E-state index in [4.69, 9.17) is 21.7 Å². The largest absolute Gasteiger partial charge is 0.468 e. The molecular formula is C7H15NO2S. The van der Waals surface area contributed by atoms with Gasteiger partial charge in [-0.3, -0.25) is 0 Å². The fourth-order valence-electron chi connectivity index (χ4n) is 0.439. The lowest BCUT2D eigenvalue weighted by Crippen LogP contribution is -2.28. The maximum atomic E-state index is 5.24. The summed E-state index contributed by atoms with van der Waals surface area (Å²) in [6.45, 7) is 4.42. The zero-order valence-corrected chi connectivity index (χ0v) is 8.03. The molecule has 0 aromatic carbocycles. The molecule has 1 atom stereocenters. The first kappa shape index (κ1) is 10.7. The molecule has 0 heterocycles. The molecule has 0 saturated carbocycles. The number of hydrogen-bond acceptors (Lipinski definition) is 3. The molecule has 1 N–H and O–H groups in total. The normalized spacial score (nSPS) is 12.3. The summed E-state index contributed by atoms with van der Waals surface area (Å²) in [4.78, 5) is 0. The zero-order chi connectivity index (χ0) is 8.69. The van der Waals surface area contributed by atoms with Crippen molar-refractivity contribution < 1.29 is 9.47 Å². The van der Waals surface area contributed by atoms with Crippen LogP contribution in [0.4, 0.5) is 0 Å². The Morgan fingerprint density at radius 3 is 2.73 bits per heavy atom. The number of nitrogens with one attached hydrogen (secondary N) is 1. The van der Waals surface area contributed by atoms with Crippen LogP contribution >= 0.6 is 12.2 Å². The summed E-state index contributed by atoms with van der Waals surface area (Å²) in [7, 11) is 1.60. The minimum absolute atomic E-state index is 0.173. The third-order valence-corrected chi connectivity index (χ3v) is 1.48. The van der Waals surface area contributed by atoms with Crippen LogP contribution in [0.15, 0.2) is 0 Å². The average molecular weight is 177 g/mol. The molecule has 66 valence electrons. The lowest BCUT2D eigenvalue weighted by atomic mass is 10.3. The first-order chi connectivity index (χ1) is 5.20. The summed E-state index contributed by atoms with van der Waals surface area (Å²) < 4.78 is 9.99. The van der Waals surface area contributed by atoms with Gasteiger partial charge < -0.3 is 14.8 Å². The van der Waals surface area contributed by atoms with Crippen LogP contribution in [-0.2, 0) is 9.47 Å². The lowest BCUT2D eigenvalue weighted by Gasteiger charge is -2.13. The highest BCUT2D eigenvalue weighted by atomic mass is 32.1. The second-order valence-corrected chi connectivity index (χ2v) is 2.60. The minimum atomic E-state index is 0.173. The highest BCUT2D eigenvalue weighted by Gasteiger charge is 2.01. The van der Waals surface area contributed by atoms with Gasteiger partial charge in [0.2, 0.25) is 0 Å². The van der Waals surface area contributed by atoms with E-state index < -0.39 is 0 Å². The van der Waals surface area contributed by atoms with Gasteiger partial charge >= 0.3 is 0 Å². The van der Waals surface area contributed by atoms with Crippen molar-refractivity contribution in [2.45, 2.75) is 26.4 Å². The van der Waals surface area contributed by atoms with E-state index >= 15 is 0 Å². The van der Waals surface area contributed by atoms with Gasteiger partial charge in [-0.2, -0.15) is 0 Å². The van der Waals surface area contributed by atoms with E-state index in [1.54, 1.807) is 7.11 Å². The van der Waals surface area contributed by atoms with Crippen molar-refractivity contribution in [3.05, 3.63) is 0 Å². The number of ether oxygens (including phenoxy) is 2. The Morgan fingerprint density at radius 1 is 1.64 bits per heavy atom. The van der Waals surface area contributed by atoms with Gasteiger partial charge in [0.25, 0.3) is 5.17 Å². The standard InChI is InChI=1S/C7H15NO2S/c1-4-6(2)10-7(11)8-5-9-3/h6H,4-5H2,1-3H3,(H,8,11). The van der Waals surface area contributed by atoms with Crippen molar-refractivity contribution in [2.24, 2.45) is 0 Å². The van der Waals surface area contributed by atoms with E-state index in [0.717, 1.165) is 6.42 Å². The highest BCUT2D eigenvalue weighted by molar-refractivity contribution is 7.80. The van der Waals surface area contributed by atoms with Gasteiger partial charge in [0.15, 0.2) is 0 Å². The van der Waals surface area contributed by atoms with Crippen molar-refractivity contribution in [1.82, 2.24) is 5.32 Å². The smallest absolute Gasteiger partial charge is 0.258 e. The van der Waals surface area contributed by atoms with Crippen molar-refractivity contribution in [1.29, 1.82) is 0 Å². The number of rotatable bonds is 4. The van der Waals surface area contributed by atoms with Gasteiger partial charge in [-0.15, -0.1) is 0 Å². The summed E-state index contributed by atoms with van der Waals surface area (Å²) in [5, 5.41) is 3.19. The molecule has 0 fully saturated rings. The van der Waals surface area contributed by atoms with E-state index in [-0.39, 0.29) is 6.10 Å². The molecule has 0 aromatic heterocycles. The van der Waals surface area contributed by atoms with Crippen molar-refractivity contribution in [3.63, 3.8) is 0 Å². The molecule has 0 saturated heterocycles. The van der Waals surface area contributed by atoms with Crippen LogP contribution in [0.1, 0.15) is 20.3 Å². The second-order valence-electron chi connectivity index (χ2n) is 2.23.